The van der Waals surface area contributed by atoms with Crippen LogP contribution in [0.25, 0.3) is 10.9 Å². The molecule has 0 aliphatic heterocycles. The summed E-state index contributed by atoms with van der Waals surface area (Å²) in [5.41, 5.74) is 4.12. The predicted molar refractivity (Wildman–Crippen MR) is 87.9 cm³/mol. The van der Waals surface area contributed by atoms with E-state index in [1.807, 2.05) is 42.5 Å². The number of thioether (sulfide) groups is 1. The molecular formula is C18H15NOS. The van der Waals surface area contributed by atoms with Crippen LogP contribution in [0.4, 0.5) is 0 Å². The molecule has 0 unspecified atom stereocenters. The van der Waals surface area contributed by atoms with Crippen molar-refractivity contribution in [3.8, 4) is 0 Å². The number of fused-ring (bicyclic) bond motifs is 1. The number of aryl methyl sites for hydroxylation is 1. The molecule has 0 fully saturated rings. The Bertz CT molecular complexity index is 798. The molecule has 0 spiro atoms. The smallest absolute Gasteiger partial charge is 0.152 e. The highest BCUT2D eigenvalue weighted by Crippen LogP contribution is 2.27. The van der Waals surface area contributed by atoms with E-state index in [9.17, 15) is 4.79 Å². The fraction of sp³-hybridized carbons (Fsp3) is 0.111. The molecule has 0 N–H and O–H groups in total. The van der Waals surface area contributed by atoms with Gasteiger partial charge in [0.1, 0.15) is 5.03 Å². The van der Waals surface area contributed by atoms with E-state index in [0.717, 1.165) is 28.0 Å². The summed E-state index contributed by atoms with van der Waals surface area (Å²) in [7, 11) is 0. The molecular weight excluding hydrogens is 278 g/mol. The lowest BCUT2D eigenvalue weighted by Gasteiger charge is -2.08. The minimum Gasteiger partial charge on any atom is -0.298 e. The largest absolute Gasteiger partial charge is 0.298 e. The fourth-order valence-corrected chi connectivity index (χ4v) is 3.29. The second-order valence-corrected chi connectivity index (χ2v) is 5.87. The molecule has 0 saturated carbocycles. The SMILES string of the molecule is Cc1ccccc1CSc1nc2ccccc2cc1C=O. The fourth-order valence-electron chi connectivity index (χ4n) is 2.23. The van der Waals surface area contributed by atoms with Crippen molar-refractivity contribution in [2.45, 2.75) is 17.7 Å². The summed E-state index contributed by atoms with van der Waals surface area (Å²) < 4.78 is 0. The summed E-state index contributed by atoms with van der Waals surface area (Å²) in [5, 5.41) is 1.80. The second-order valence-electron chi connectivity index (χ2n) is 4.91. The van der Waals surface area contributed by atoms with Gasteiger partial charge in [-0.15, -0.1) is 11.8 Å². The Balaban J connectivity index is 1.92. The Hall–Kier alpha value is -2.13. The zero-order chi connectivity index (χ0) is 14.7. The van der Waals surface area contributed by atoms with Gasteiger partial charge in [-0.05, 0) is 30.2 Å². The van der Waals surface area contributed by atoms with Gasteiger partial charge in [-0.3, -0.25) is 4.79 Å². The van der Waals surface area contributed by atoms with Crippen LogP contribution >= 0.6 is 11.8 Å². The highest BCUT2D eigenvalue weighted by Gasteiger charge is 2.08. The van der Waals surface area contributed by atoms with Crippen LogP contribution in [-0.4, -0.2) is 11.3 Å². The molecule has 0 saturated heterocycles. The number of para-hydroxylation sites is 1. The molecule has 0 aliphatic carbocycles. The van der Waals surface area contributed by atoms with Gasteiger partial charge in [-0.25, -0.2) is 4.98 Å². The maximum absolute atomic E-state index is 11.3. The lowest BCUT2D eigenvalue weighted by Crippen LogP contribution is -1.93. The van der Waals surface area contributed by atoms with Gasteiger partial charge < -0.3 is 0 Å². The number of pyridine rings is 1. The van der Waals surface area contributed by atoms with E-state index in [1.165, 1.54) is 11.1 Å². The van der Waals surface area contributed by atoms with Crippen LogP contribution in [0.3, 0.4) is 0 Å². The lowest BCUT2D eigenvalue weighted by molar-refractivity contribution is 0.112. The third-order valence-corrected chi connectivity index (χ3v) is 4.53. The van der Waals surface area contributed by atoms with Crippen molar-refractivity contribution in [2.24, 2.45) is 0 Å². The summed E-state index contributed by atoms with van der Waals surface area (Å²) in [6.45, 7) is 2.10. The molecule has 3 aromatic rings. The van der Waals surface area contributed by atoms with E-state index in [-0.39, 0.29) is 0 Å². The van der Waals surface area contributed by atoms with Gasteiger partial charge in [0, 0.05) is 16.7 Å². The van der Waals surface area contributed by atoms with Crippen molar-refractivity contribution in [2.75, 3.05) is 0 Å². The third-order valence-electron chi connectivity index (χ3n) is 3.47. The Labute approximate surface area is 128 Å². The molecule has 21 heavy (non-hydrogen) atoms. The van der Waals surface area contributed by atoms with E-state index >= 15 is 0 Å². The normalized spacial score (nSPS) is 10.7. The number of benzene rings is 2. The minimum absolute atomic E-state index is 0.660. The summed E-state index contributed by atoms with van der Waals surface area (Å²) in [6, 6.07) is 18.1. The second kappa shape index (κ2) is 6.10. The van der Waals surface area contributed by atoms with Crippen molar-refractivity contribution >= 4 is 29.0 Å². The average Bonchev–Trinajstić information content (AvgIpc) is 2.53. The summed E-state index contributed by atoms with van der Waals surface area (Å²) in [6.07, 6.45) is 0.889. The number of hydrogen-bond acceptors (Lipinski definition) is 3. The molecule has 3 heteroatoms. The number of carbonyl (C=O) groups is 1. The topological polar surface area (TPSA) is 30.0 Å². The number of nitrogens with zero attached hydrogens (tertiary/aromatic N) is 1. The maximum Gasteiger partial charge on any atom is 0.152 e. The van der Waals surface area contributed by atoms with E-state index in [1.54, 1.807) is 11.8 Å². The Kier molecular flexibility index (Phi) is 4.02. The Morgan fingerprint density at radius 2 is 1.86 bits per heavy atom. The Morgan fingerprint density at radius 3 is 2.67 bits per heavy atom. The van der Waals surface area contributed by atoms with Crippen LogP contribution in [0.1, 0.15) is 21.5 Å². The molecule has 0 radical (unpaired) electrons. The van der Waals surface area contributed by atoms with Crippen LogP contribution in [-0.2, 0) is 5.75 Å². The van der Waals surface area contributed by atoms with Gasteiger partial charge >= 0.3 is 0 Å². The van der Waals surface area contributed by atoms with Crippen LogP contribution in [0, 0.1) is 6.92 Å². The molecule has 0 aliphatic rings. The summed E-state index contributed by atoms with van der Waals surface area (Å²) in [5.74, 6) is 0.818. The van der Waals surface area contributed by atoms with Crippen LogP contribution in [0.2, 0.25) is 0 Å². The third kappa shape index (κ3) is 2.98. The van der Waals surface area contributed by atoms with Crippen molar-refractivity contribution < 1.29 is 4.79 Å². The van der Waals surface area contributed by atoms with Crippen molar-refractivity contribution in [1.82, 2.24) is 4.98 Å². The van der Waals surface area contributed by atoms with Crippen molar-refractivity contribution in [3.63, 3.8) is 0 Å². The quantitative estimate of drug-likeness (QED) is 0.518. The number of hydrogen-bond donors (Lipinski definition) is 0. The number of aromatic nitrogens is 1. The highest BCUT2D eigenvalue weighted by molar-refractivity contribution is 7.98. The number of rotatable bonds is 4. The first-order chi connectivity index (χ1) is 10.3. The van der Waals surface area contributed by atoms with E-state index < -0.39 is 0 Å². The van der Waals surface area contributed by atoms with Gasteiger partial charge in [0.25, 0.3) is 0 Å². The number of carbonyl (C=O) groups excluding carboxylic acids is 1. The van der Waals surface area contributed by atoms with Crippen molar-refractivity contribution in [1.29, 1.82) is 0 Å². The minimum atomic E-state index is 0.660. The zero-order valence-electron chi connectivity index (χ0n) is 11.7. The standard InChI is InChI=1S/C18H15NOS/c1-13-6-2-3-8-15(13)12-21-18-16(11-20)10-14-7-4-5-9-17(14)19-18/h2-11H,12H2,1H3. The van der Waals surface area contributed by atoms with Crippen molar-refractivity contribution in [3.05, 3.63) is 71.3 Å². The van der Waals surface area contributed by atoms with E-state index in [4.69, 9.17) is 0 Å². The first-order valence-corrected chi connectivity index (χ1v) is 7.79. The monoisotopic (exact) mass is 293 g/mol. The van der Waals surface area contributed by atoms with Gasteiger partial charge in [0.05, 0.1) is 5.52 Å². The van der Waals surface area contributed by atoms with Crippen LogP contribution < -0.4 is 0 Å². The van der Waals surface area contributed by atoms with Crippen LogP contribution in [0.5, 0.6) is 0 Å². The molecule has 104 valence electrons. The maximum atomic E-state index is 11.3. The highest BCUT2D eigenvalue weighted by atomic mass is 32.2. The van der Waals surface area contributed by atoms with Gasteiger partial charge in [-0.2, -0.15) is 0 Å². The van der Waals surface area contributed by atoms with E-state index in [2.05, 4.69) is 24.0 Å². The first-order valence-electron chi connectivity index (χ1n) is 6.80. The molecule has 1 heterocycles. The zero-order valence-corrected chi connectivity index (χ0v) is 12.6. The van der Waals surface area contributed by atoms with E-state index in [0.29, 0.717) is 5.56 Å². The molecule has 1 aromatic heterocycles. The molecule has 0 bridgehead atoms. The van der Waals surface area contributed by atoms with Gasteiger partial charge in [0.15, 0.2) is 6.29 Å². The Morgan fingerprint density at radius 1 is 1.10 bits per heavy atom. The molecule has 0 amide bonds. The molecule has 3 rings (SSSR count). The number of aldehydes is 1. The van der Waals surface area contributed by atoms with Gasteiger partial charge in [0.2, 0.25) is 0 Å². The average molecular weight is 293 g/mol. The predicted octanol–water partition coefficient (Wildman–Crippen LogP) is 4.65. The molecule has 2 aromatic carbocycles. The lowest BCUT2D eigenvalue weighted by atomic mass is 10.1. The first kappa shape index (κ1) is 13.8. The summed E-state index contributed by atoms with van der Waals surface area (Å²) in [4.78, 5) is 15.9. The van der Waals surface area contributed by atoms with Gasteiger partial charge in [-0.1, -0.05) is 42.5 Å². The molecule has 2 nitrogen and oxygen atoms in total. The molecule has 0 atom stereocenters. The van der Waals surface area contributed by atoms with Crippen LogP contribution in [0.15, 0.2) is 59.6 Å². The summed E-state index contributed by atoms with van der Waals surface area (Å²) >= 11 is 1.61.